The zero-order chi connectivity index (χ0) is 20.8. The van der Waals surface area contributed by atoms with Crippen LogP contribution in [0.15, 0.2) is 58.4 Å². The molecule has 0 spiro atoms. The van der Waals surface area contributed by atoms with E-state index in [0.717, 1.165) is 18.5 Å². The summed E-state index contributed by atoms with van der Waals surface area (Å²) in [6.07, 6.45) is 0.897. The molecule has 28 heavy (non-hydrogen) atoms. The van der Waals surface area contributed by atoms with Crippen LogP contribution in [-0.2, 0) is 28.4 Å². The summed E-state index contributed by atoms with van der Waals surface area (Å²) < 4.78 is 22.6. The molecule has 0 fully saturated rings. The highest BCUT2D eigenvalue weighted by molar-refractivity contribution is 7.89. The fourth-order valence-corrected chi connectivity index (χ4v) is 3.22. The van der Waals surface area contributed by atoms with Crippen LogP contribution in [0.5, 0.6) is 0 Å². The molecule has 0 aliphatic carbocycles. The van der Waals surface area contributed by atoms with Crippen LogP contribution >= 0.6 is 0 Å². The summed E-state index contributed by atoms with van der Waals surface area (Å²) in [5.74, 6) is 0.696. The molecule has 0 aliphatic rings. The van der Waals surface area contributed by atoms with E-state index in [9.17, 15) is 8.42 Å². The normalized spacial score (nSPS) is 12.7. The molecule has 0 radical (unpaired) electrons. The lowest BCUT2D eigenvalue weighted by atomic mass is 9.86. The maximum absolute atomic E-state index is 11.3. The Bertz CT molecular complexity index is 897. The van der Waals surface area contributed by atoms with Gasteiger partial charge >= 0.3 is 0 Å². The minimum Gasteiger partial charge on any atom is -0.356 e. The summed E-state index contributed by atoms with van der Waals surface area (Å²) in [5, 5.41) is 11.6. The number of rotatable bonds is 6. The Labute approximate surface area is 168 Å². The van der Waals surface area contributed by atoms with Gasteiger partial charge in [-0.1, -0.05) is 57.2 Å². The third-order valence-corrected chi connectivity index (χ3v) is 5.39. The monoisotopic (exact) mass is 402 g/mol. The first-order chi connectivity index (χ1) is 13.1. The third-order valence-electron chi connectivity index (χ3n) is 4.46. The Morgan fingerprint density at radius 3 is 2.04 bits per heavy atom. The van der Waals surface area contributed by atoms with Crippen molar-refractivity contribution in [2.75, 3.05) is 13.6 Å². The van der Waals surface area contributed by atoms with Gasteiger partial charge in [-0.25, -0.2) is 13.6 Å². The number of nitrogens with one attached hydrogen (secondary N) is 2. The van der Waals surface area contributed by atoms with Crippen LogP contribution in [-0.4, -0.2) is 28.0 Å². The first kappa shape index (κ1) is 21.9. The first-order valence-electron chi connectivity index (χ1n) is 9.25. The molecular weight excluding hydrogens is 372 g/mol. The van der Waals surface area contributed by atoms with Crippen molar-refractivity contribution in [3.05, 3.63) is 65.2 Å². The van der Waals surface area contributed by atoms with Gasteiger partial charge in [-0.3, -0.25) is 4.99 Å². The Morgan fingerprint density at radius 2 is 1.54 bits per heavy atom. The average molecular weight is 403 g/mol. The Balaban J connectivity index is 1.81. The van der Waals surface area contributed by atoms with Crippen molar-refractivity contribution in [2.24, 2.45) is 10.1 Å². The standard InChI is InChI=1S/C21H30N4O2S/c1-21(2,3)18-9-5-16(6-10-18)13-14-24-20(23-4)25-15-17-7-11-19(12-8-17)28(22,26)27/h5-12H,13-15H2,1-4H3,(H2,22,26,27)(H2,23,24,25). The minimum absolute atomic E-state index is 0.108. The molecule has 6 nitrogen and oxygen atoms in total. The molecule has 0 saturated carbocycles. The Hall–Kier alpha value is -2.38. The van der Waals surface area contributed by atoms with E-state index in [1.807, 2.05) is 0 Å². The second-order valence-corrected chi connectivity index (χ2v) is 9.30. The quantitative estimate of drug-likeness (QED) is 0.511. The van der Waals surface area contributed by atoms with Gasteiger partial charge in [0.1, 0.15) is 0 Å². The van der Waals surface area contributed by atoms with Crippen LogP contribution in [0.3, 0.4) is 0 Å². The minimum atomic E-state index is -3.66. The van der Waals surface area contributed by atoms with Gasteiger partial charge in [0.05, 0.1) is 4.90 Å². The fourth-order valence-electron chi connectivity index (χ4n) is 2.70. The molecule has 0 heterocycles. The van der Waals surface area contributed by atoms with Gasteiger partial charge in [-0.05, 0) is 40.7 Å². The van der Waals surface area contributed by atoms with E-state index in [1.165, 1.54) is 23.3 Å². The van der Waals surface area contributed by atoms with Gasteiger partial charge in [0, 0.05) is 20.1 Å². The number of nitrogens with two attached hydrogens (primary N) is 1. The highest BCUT2D eigenvalue weighted by Gasteiger charge is 2.12. The summed E-state index contributed by atoms with van der Waals surface area (Å²) in [7, 11) is -1.94. The molecule has 0 bridgehead atoms. The molecule has 0 atom stereocenters. The number of hydrogen-bond acceptors (Lipinski definition) is 3. The molecule has 7 heteroatoms. The van der Waals surface area contributed by atoms with Gasteiger partial charge in [0.2, 0.25) is 10.0 Å². The Kier molecular flexibility index (Phi) is 7.21. The number of primary sulfonamides is 1. The van der Waals surface area contributed by atoms with Gasteiger partial charge in [-0.2, -0.15) is 0 Å². The van der Waals surface area contributed by atoms with E-state index in [-0.39, 0.29) is 10.3 Å². The lowest BCUT2D eigenvalue weighted by Crippen LogP contribution is -2.37. The van der Waals surface area contributed by atoms with Crippen molar-refractivity contribution in [3.8, 4) is 0 Å². The van der Waals surface area contributed by atoms with E-state index >= 15 is 0 Å². The summed E-state index contributed by atoms with van der Waals surface area (Å²) in [5.41, 5.74) is 3.70. The van der Waals surface area contributed by atoms with Crippen LogP contribution in [0.2, 0.25) is 0 Å². The van der Waals surface area contributed by atoms with E-state index in [4.69, 9.17) is 5.14 Å². The molecular formula is C21H30N4O2S. The number of hydrogen-bond donors (Lipinski definition) is 3. The van der Waals surface area contributed by atoms with Crippen molar-refractivity contribution in [1.82, 2.24) is 10.6 Å². The molecule has 0 saturated heterocycles. The van der Waals surface area contributed by atoms with E-state index in [0.29, 0.717) is 12.5 Å². The molecule has 0 aliphatic heterocycles. The molecule has 2 aromatic carbocycles. The van der Waals surface area contributed by atoms with Crippen LogP contribution < -0.4 is 15.8 Å². The van der Waals surface area contributed by atoms with E-state index in [1.54, 1.807) is 19.2 Å². The van der Waals surface area contributed by atoms with Crippen molar-refractivity contribution in [2.45, 2.75) is 44.0 Å². The zero-order valence-corrected chi connectivity index (χ0v) is 17.8. The van der Waals surface area contributed by atoms with Gasteiger partial charge in [0.25, 0.3) is 0 Å². The molecule has 2 rings (SSSR count). The van der Waals surface area contributed by atoms with Gasteiger partial charge in [-0.15, -0.1) is 0 Å². The average Bonchev–Trinajstić information content (AvgIpc) is 2.64. The number of sulfonamides is 1. The Morgan fingerprint density at radius 1 is 0.964 bits per heavy atom. The molecule has 4 N–H and O–H groups in total. The molecule has 0 amide bonds. The van der Waals surface area contributed by atoms with Gasteiger partial charge in [0.15, 0.2) is 5.96 Å². The van der Waals surface area contributed by atoms with Crippen LogP contribution in [0, 0.1) is 0 Å². The lowest BCUT2D eigenvalue weighted by Gasteiger charge is -2.19. The lowest BCUT2D eigenvalue weighted by molar-refractivity contribution is 0.590. The number of nitrogens with zero attached hydrogens (tertiary/aromatic N) is 1. The zero-order valence-electron chi connectivity index (χ0n) is 17.0. The topological polar surface area (TPSA) is 96.6 Å². The molecule has 152 valence electrons. The SMILES string of the molecule is CN=C(NCCc1ccc(C(C)(C)C)cc1)NCc1ccc(S(N)(=O)=O)cc1. The van der Waals surface area contributed by atoms with E-state index in [2.05, 4.69) is 60.7 Å². The first-order valence-corrected chi connectivity index (χ1v) is 10.8. The summed E-state index contributed by atoms with van der Waals surface area (Å²) >= 11 is 0. The number of benzene rings is 2. The van der Waals surface area contributed by atoms with E-state index < -0.39 is 10.0 Å². The third kappa shape index (κ3) is 6.65. The predicted molar refractivity (Wildman–Crippen MR) is 115 cm³/mol. The predicted octanol–water partition coefficient (Wildman–Crippen LogP) is 2.54. The maximum atomic E-state index is 11.3. The van der Waals surface area contributed by atoms with Crippen LogP contribution in [0.4, 0.5) is 0 Å². The largest absolute Gasteiger partial charge is 0.356 e. The molecule has 0 aromatic heterocycles. The number of aliphatic imine (C=N–C) groups is 1. The van der Waals surface area contributed by atoms with Crippen LogP contribution in [0.1, 0.15) is 37.5 Å². The van der Waals surface area contributed by atoms with Crippen LogP contribution in [0.25, 0.3) is 0 Å². The second kappa shape index (κ2) is 9.21. The fraction of sp³-hybridized carbons (Fsp3) is 0.381. The highest BCUT2D eigenvalue weighted by atomic mass is 32.2. The summed E-state index contributed by atoms with van der Waals surface area (Å²) in [6, 6.07) is 15.2. The van der Waals surface area contributed by atoms with Crippen molar-refractivity contribution < 1.29 is 8.42 Å². The number of guanidine groups is 1. The van der Waals surface area contributed by atoms with Crippen molar-refractivity contribution >= 4 is 16.0 Å². The van der Waals surface area contributed by atoms with Crippen molar-refractivity contribution in [3.63, 3.8) is 0 Å². The summed E-state index contributed by atoms with van der Waals surface area (Å²) in [6.45, 7) is 7.93. The maximum Gasteiger partial charge on any atom is 0.238 e. The summed E-state index contributed by atoms with van der Waals surface area (Å²) in [4.78, 5) is 4.32. The van der Waals surface area contributed by atoms with Gasteiger partial charge < -0.3 is 10.6 Å². The highest BCUT2D eigenvalue weighted by Crippen LogP contribution is 2.22. The second-order valence-electron chi connectivity index (χ2n) is 7.74. The molecule has 2 aromatic rings. The van der Waals surface area contributed by atoms with Crippen molar-refractivity contribution in [1.29, 1.82) is 0 Å². The molecule has 0 unspecified atom stereocenters. The smallest absolute Gasteiger partial charge is 0.238 e.